The fourth-order valence-electron chi connectivity index (χ4n) is 1.69. The van der Waals surface area contributed by atoms with E-state index in [0.717, 1.165) is 4.47 Å². The van der Waals surface area contributed by atoms with Crippen molar-refractivity contribution in [2.45, 2.75) is 0 Å². The van der Waals surface area contributed by atoms with Gasteiger partial charge in [0, 0.05) is 45.0 Å². The predicted molar refractivity (Wildman–Crippen MR) is 81.1 cm³/mol. The Morgan fingerprint density at radius 3 is 2.45 bits per heavy atom. The molecule has 0 aliphatic rings. The maximum absolute atomic E-state index is 12.6. The summed E-state index contributed by atoms with van der Waals surface area (Å²) >= 11 is 3.34. The second-order valence-corrected chi connectivity index (χ2v) is 4.99. The van der Waals surface area contributed by atoms with Crippen molar-refractivity contribution in [2.75, 3.05) is 52.9 Å². The Kier molecular flexibility index (Phi) is 7.50. The summed E-state index contributed by atoms with van der Waals surface area (Å²) in [4.78, 5) is 18.5. The Bertz CT molecular complexity index is 435. The minimum absolute atomic E-state index is 0.0998. The van der Waals surface area contributed by atoms with E-state index in [1.54, 1.807) is 38.4 Å². The lowest BCUT2D eigenvalue weighted by molar-refractivity contribution is 0.0628. The number of methoxy groups -OCH3 is 2. The van der Waals surface area contributed by atoms with Crippen molar-refractivity contribution >= 4 is 27.7 Å². The number of amides is 1. The summed E-state index contributed by atoms with van der Waals surface area (Å²) in [5.41, 5.74) is 0.522. The molecule has 0 fully saturated rings. The number of rotatable bonds is 8. The molecule has 6 nitrogen and oxygen atoms in total. The van der Waals surface area contributed by atoms with E-state index in [2.05, 4.69) is 26.2 Å². The fourth-order valence-corrected chi connectivity index (χ4v) is 2.02. The number of halogens is 1. The number of aromatic nitrogens is 1. The molecule has 0 aliphatic heterocycles. The molecule has 0 saturated heterocycles. The van der Waals surface area contributed by atoms with E-state index in [9.17, 15) is 4.79 Å². The summed E-state index contributed by atoms with van der Waals surface area (Å²) in [7, 11) is 4.96. The van der Waals surface area contributed by atoms with Crippen LogP contribution in [-0.4, -0.2) is 63.4 Å². The van der Waals surface area contributed by atoms with E-state index < -0.39 is 0 Å². The van der Waals surface area contributed by atoms with Gasteiger partial charge in [0.1, 0.15) is 5.82 Å². The first kappa shape index (κ1) is 16.9. The number of nitrogens with one attached hydrogen (secondary N) is 1. The lowest BCUT2D eigenvalue weighted by Crippen LogP contribution is -2.37. The molecule has 0 aromatic carbocycles. The molecule has 0 unspecified atom stereocenters. The van der Waals surface area contributed by atoms with Gasteiger partial charge < -0.3 is 19.7 Å². The minimum atomic E-state index is -0.0998. The van der Waals surface area contributed by atoms with Gasteiger partial charge in [-0.25, -0.2) is 4.98 Å². The smallest absolute Gasteiger partial charge is 0.257 e. The van der Waals surface area contributed by atoms with Crippen LogP contribution in [0.2, 0.25) is 0 Å². The van der Waals surface area contributed by atoms with Crippen LogP contribution in [0.25, 0.3) is 0 Å². The van der Waals surface area contributed by atoms with Gasteiger partial charge in [-0.1, -0.05) is 0 Å². The summed E-state index contributed by atoms with van der Waals surface area (Å²) in [5, 5.41) is 2.93. The van der Waals surface area contributed by atoms with Crippen LogP contribution in [0.3, 0.4) is 0 Å². The van der Waals surface area contributed by atoms with Gasteiger partial charge in [0.25, 0.3) is 5.91 Å². The summed E-state index contributed by atoms with van der Waals surface area (Å²) in [6, 6.07) is 1.76. The molecular formula is C13H20BrN3O3. The van der Waals surface area contributed by atoms with Crippen LogP contribution in [-0.2, 0) is 9.47 Å². The van der Waals surface area contributed by atoms with Gasteiger partial charge in [-0.2, -0.15) is 0 Å². The second-order valence-electron chi connectivity index (χ2n) is 4.08. The largest absolute Gasteiger partial charge is 0.383 e. The van der Waals surface area contributed by atoms with E-state index in [0.29, 0.717) is 37.7 Å². The zero-order chi connectivity index (χ0) is 15.0. The highest BCUT2D eigenvalue weighted by Gasteiger charge is 2.19. The molecule has 0 aliphatic carbocycles. The summed E-state index contributed by atoms with van der Waals surface area (Å²) < 4.78 is 10.8. The zero-order valence-electron chi connectivity index (χ0n) is 12.0. The number of carbonyl (C=O) groups excluding carboxylic acids is 1. The van der Waals surface area contributed by atoms with Crippen molar-refractivity contribution in [3.8, 4) is 0 Å². The highest BCUT2D eigenvalue weighted by molar-refractivity contribution is 9.10. The quantitative estimate of drug-likeness (QED) is 0.775. The van der Waals surface area contributed by atoms with E-state index in [4.69, 9.17) is 9.47 Å². The number of pyridine rings is 1. The topological polar surface area (TPSA) is 63.7 Å². The molecule has 7 heteroatoms. The number of nitrogens with zero attached hydrogens (tertiary/aromatic N) is 2. The molecule has 112 valence electrons. The molecule has 0 radical (unpaired) electrons. The maximum Gasteiger partial charge on any atom is 0.257 e. The first-order valence-electron chi connectivity index (χ1n) is 6.24. The van der Waals surface area contributed by atoms with Crippen molar-refractivity contribution in [1.29, 1.82) is 0 Å². The molecule has 1 aromatic rings. The SMILES string of the molecule is CNc1ncc(Br)cc1C(=O)N(CCOC)CCOC. The van der Waals surface area contributed by atoms with Gasteiger partial charge >= 0.3 is 0 Å². The molecule has 1 aromatic heterocycles. The van der Waals surface area contributed by atoms with Crippen molar-refractivity contribution in [3.05, 3.63) is 22.3 Å². The molecule has 1 heterocycles. The number of hydrogen-bond acceptors (Lipinski definition) is 5. The monoisotopic (exact) mass is 345 g/mol. The fraction of sp³-hybridized carbons (Fsp3) is 0.538. The third-order valence-electron chi connectivity index (χ3n) is 2.74. The highest BCUT2D eigenvalue weighted by atomic mass is 79.9. The molecule has 0 bridgehead atoms. The van der Waals surface area contributed by atoms with Gasteiger partial charge in [0.2, 0.25) is 0 Å². The van der Waals surface area contributed by atoms with Crippen LogP contribution in [0, 0.1) is 0 Å². The van der Waals surface area contributed by atoms with Gasteiger partial charge in [-0.3, -0.25) is 4.79 Å². The summed E-state index contributed by atoms with van der Waals surface area (Å²) in [6.45, 7) is 1.97. The van der Waals surface area contributed by atoms with Crippen LogP contribution in [0.1, 0.15) is 10.4 Å². The normalized spacial score (nSPS) is 10.4. The van der Waals surface area contributed by atoms with Gasteiger partial charge in [0.15, 0.2) is 0 Å². The Hall–Kier alpha value is -1.18. The molecule has 20 heavy (non-hydrogen) atoms. The van der Waals surface area contributed by atoms with Crippen molar-refractivity contribution < 1.29 is 14.3 Å². The Balaban J connectivity index is 2.94. The second kappa shape index (κ2) is 8.89. The predicted octanol–water partition coefficient (Wildman–Crippen LogP) is 1.62. The van der Waals surface area contributed by atoms with Crippen molar-refractivity contribution in [2.24, 2.45) is 0 Å². The first-order chi connectivity index (χ1) is 9.63. The van der Waals surface area contributed by atoms with Crippen molar-refractivity contribution in [1.82, 2.24) is 9.88 Å². The lowest BCUT2D eigenvalue weighted by atomic mass is 10.2. The summed E-state index contributed by atoms with van der Waals surface area (Å²) in [5.74, 6) is 0.454. The van der Waals surface area contributed by atoms with E-state index in [1.165, 1.54) is 0 Å². The number of anilines is 1. The molecule has 1 N–H and O–H groups in total. The van der Waals surface area contributed by atoms with Crippen molar-refractivity contribution in [3.63, 3.8) is 0 Å². The average molecular weight is 346 g/mol. The molecule has 1 amide bonds. The first-order valence-corrected chi connectivity index (χ1v) is 7.03. The number of carbonyl (C=O) groups is 1. The van der Waals surface area contributed by atoms with E-state index >= 15 is 0 Å². The van der Waals surface area contributed by atoms with E-state index in [-0.39, 0.29) is 5.91 Å². The maximum atomic E-state index is 12.6. The van der Waals surface area contributed by atoms with Crippen LogP contribution in [0.5, 0.6) is 0 Å². The molecular weight excluding hydrogens is 326 g/mol. The lowest BCUT2D eigenvalue weighted by Gasteiger charge is -2.23. The third-order valence-corrected chi connectivity index (χ3v) is 3.17. The Morgan fingerprint density at radius 2 is 1.95 bits per heavy atom. The van der Waals surface area contributed by atoms with Crippen LogP contribution in [0.4, 0.5) is 5.82 Å². The summed E-state index contributed by atoms with van der Waals surface area (Å²) in [6.07, 6.45) is 1.65. The minimum Gasteiger partial charge on any atom is -0.383 e. The zero-order valence-corrected chi connectivity index (χ0v) is 13.6. The molecule has 0 atom stereocenters. The highest BCUT2D eigenvalue weighted by Crippen LogP contribution is 2.19. The average Bonchev–Trinajstić information content (AvgIpc) is 2.46. The molecule has 0 saturated carbocycles. The van der Waals surface area contributed by atoms with Gasteiger partial charge in [-0.05, 0) is 22.0 Å². The van der Waals surface area contributed by atoms with Crippen LogP contribution < -0.4 is 5.32 Å². The number of hydrogen-bond donors (Lipinski definition) is 1. The third kappa shape index (κ3) is 4.73. The Morgan fingerprint density at radius 1 is 1.35 bits per heavy atom. The standard InChI is InChI=1S/C13H20BrN3O3/c1-15-12-11(8-10(14)9-16-12)13(18)17(4-6-19-2)5-7-20-3/h8-9H,4-7H2,1-3H3,(H,15,16). The number of ether oxygens (including phenoxy) is 2. The Labute approximate surface area is 127 Å². The van der Waals surface area contributed by atoms with Gasteiger partial charge in [-0.15, -0.1) is 0 Å². The molecule has 0 spiro atoms. The van der Waals surface area contributed by atoms with Crippen LogP contribution in [0.15, 0.2) is 16.7 Å². The van der Waals surface area contributed by atoms with E-state index in [1.807, 2.05) is 0 Å². The molecule has 1 rings (SSSR count). The van der Waals surface area contributed by atoms with Gasteiger partial charge in [0.05, 0.1) is 18.8 Å². The van der Waals surface area contributed by atoms with Crippen LogP contribution >= 0.6 is 15.9 Å².